The minimum atomic E-state index is -0.241. The standard InChI is InChI=1S/C22H19ClN4O2/c1-14(2)15-6-8-16(9-7-15)19-10-11-21(28)27(25-19)13-20-24-22(26-29-20)17-4-3-5-18(23)12-17/h3-12,14H,13H2,1-2H3. The van der Waals surface area contributed by atoms with Crippen LogP contribution < -0.4 is 5.56 Å². The zero-order valence-electron chi connectivity index (χ0n) is 16.0. The van der Waals surface area contributed by atoms with E-state index in [1.807, 2.05) is 24.3 Å². The minimum absolute atomic E-state index is 0.0876. The average Bonchev–Trinajstić information content (AvgIpc) is 3.18. The summed E-state index contributed by atoms with van der Waals surface area (Å²) in [4.78, 5) is 16.6. The number of hydrogen-bond acceptors (Lipinski definition) is 5. The zero-order chi connectivity index (χ0) is 20.4. The Hall–Kier alpha value is -3.25. The summed E-state index contributed by atoms with van der Waals surface area (Å²) in [6, 6.07) is 18.6. The predicted octanol–water partition coefficient (Wildman–Crippen LogP) is 4.79. The van der Waals surface area contributed by atoms with E-state index in [9.17, 15) is 4.79 Å². The first kappa shape index (κ1) is 19.1. The Morgan fingerprint density at radius 1 is 1.03 bits per heavy atom. The largest absolute Gasteiger partial charge is 0.337 e. The van der Waals surface area contributed by atoms with E-state index in [0.717, 1.165) is 11.1 Å². The molecule has 6 nitrogen and oxygen atoms in total. The summed E-state index contributed by atoms with van der Waals surface area (Å²) >= 11 is 6.01. The van der Waals surface area contributed by atoms with Crippen LogP contribution in [0.3, 0.4) is 0 Å². The molecule has 0 N–H and O–H groups in total. The molecule has 0 saturated heterocycles. The fraction of sp³-hybridized carbons (Fsp3) is 0.182. The van der Waals surface area contributed by atoms with Crippen molar-refractivity contribution in [3.63, 3.8) is 0 Å². The molecular formula is C22H19ClN4O2. The molecule has 4 rings (SSSR count). The third-order valence-corrected chi connectivity index (χ3v) is 4.81. The predicted molar refractivity (Wildman–Crippen MR) is 112 cm³/mol. The molecule has 7 heteroatoms. The van der Waals surface area contributed by atoms with Crippen LogP contribution in [0.4, 0.5) is 0 Å². The van der Waals surface area contributed by atoms with E-state index in [2.05, 4.69) is 41.2 Å². The van der Waals surface area contributed by atoms with E-state index >= 15 is 0 Å². The van der Waals surface area contributed by atoms with Crippen LogP contribution in [-0.4, -0.2) is 19.9 Å². The molecule has 2 aromatic heterocycles. The van der Waals surface area contributed by atoms with Gasteiger partial charge in [-0.25, -0.2) is 4.68 Å². The first-order chi connectivity index (χ1) is 14.0. The Kier molecular flexibility index (Phi) is 5.27. The van der Waals surface area contributed by atoms with Crippen molar-refractivity contribution < 1.29 is 4.52 Å². The highest BCUT2D eigenvalue weighted by Crippen LogP contribution is 2.21. The van der Waals surface area contributed by atoms with Gasteiger partial charge >= 0.3 is 0 Å². The van der Waals surface area contributed by atoms with Crippen LogP contribution in [0.15, 0.2) is 70.0 Å². The lowest BCUT2D eigenvalue weighted by Crippen LogP contribution is -2.23. The summed E-state index contributed by atoms with van der Waals surface area (Å²) in [5.74, 6) is 1.16. The number of hydrogen-bond donors (Lipinski definition) is 0. The molecule has 0 spiro atoms. The smallest absolute Gasteiger partial charge is 0.267 e. The molecular weight excluding hydrogens is 388 g/mol. The second-order valence-corrected chi connectivity index (χ2v) is 7.45. The molecule has 4 aromatic rings. The maximum absolute atomic E-state index is 12.3. The normalized spacial score (nSPS) is 11.2. The molecule has 0 bridgehead atoms. The number of aromatic nitrogens is 4. The van der Waals surface area contributed by atoms with Crippen molar-refractivity contribution >= 4 is 11.6 Å². The third-order valence-electron chi connectivity index (χ3n) is 4.58. The van der Waals surface area contributed by atoms with Gasteiger partial charge in [-0.05, 0) is 29.7 Å². The number of nitrogens with zero attached hydrogens (tertiary/aromatic N) is 4. The van der Waals surface area contributed by atoms with Crippen LogP contribution in [0.5, 0.6) is 0 Å². The maximum atomic E-state index is 12.3. The Morgan fingerprint density at radius 2 is 1.83 bits per heavy atom. The van der Waals surface area contributed by atoms with Gasteiger partial charge in [0.15, 0.2) is 0 Å². The molecule has 2 aromatic carbocycles. The molecule has 0 radical (unpaired) electrons. The van der Waals surface area contributed by atoms with Crippen LogP contribution in [0, 0.1) is 0 Å². The maximum Gasteiger partial charge on any atom is 0.267 e. The highest BCUT2D eigenvalue weighted by molar-refractivity contribution is 6.30. The number of rotatable bonds is 5. The first-order valence-electron chi connectivity index (χ1n) is 9.26. The van der Waals surface area contributed by atoms with E-state index in [4.69, 9.17) is 16.1 Å². The molecule has 0 atom stereocenters. The zero-order valence-corrected chi connectivity index (χ0v) is 16.8. The van der Waals surface area contributed by atoms with Crippen LogP contribution in [0.25, 0.3) is 22.6 Å². The van der Waals surface area contributed by atoms with Crippen molar-refractivity contribution in [3.8, 4) is 22.6 Å². The molecule has 0 aliphatic carbocycles. The van der Waals surface area contributed by atoms with E-state index in [1.165, 1.54) is 16.3 Å². The summed E-state index contributed by atoms with van der Waals surface area (Å²) in [5.41, 5.74) is 3.39. The Morgan fingerprint density at radius 3 is 2.55 bits per heavy atom. The van der Waals surface area contributed by atoms with Crippen LogP contribution in [-0.2, 0) is 6.54 Å². The first-order valence-corrected chi connectivity index (χ1v) is 9.64. The number of benzene rings is 2. The average molecular weight is 407 g/mol. The van der Waals surface area contributed by atoms with Gasteiger partial charge < -0.3 is 4.52 Å². The van der Waals surface area contributed by atoms with Gasteiger partial charge in [-0.1, -0.05) is 67.0 Å². The highest BCUT2D eigenvalue weighted by atomic mass is 35.5. The molecule has 2 heterocycles. The van der Waals surface area contributed by atoms with E-state index < -0.39 is 0 Å². The molecule has 0 aliphatic rings. The van der Waals surface area contributed by atoms with Gasteiger partial charge in [0.05, 0.1) is 5.69 Å². The van der Waals surface area contributed by atoms with Gasteiger partial charge in [0.1, 0.15) is 6.54 Å². The fourth-order valence-electron chi connectivity index (χ4n) is 2.95. The molecule has 0 aliphatic heterocycles. The van der Waals surface area contributed by atoms with Gasteiger partial charge in [-0.15, -0.1) is 0 Å². The summed E-state index contributed by atoms with van der Waals surface area (Å²) in [5, 5.41) is 9.02. The van der Waals surface area contributed by atoms with Gasteiger partial charge in [0.25, 0.3) is 5.56 Å². The van der Waals surface area contributed by atoms with Crippen LogP contribution in [0.1, 0.15) is 31.2 Å². The topological polar surface area (TPSA) is 73.8 Å². The monoisotopic (exact) mass is 406 g/mol. The lowest BCUT2D eigenvalue weighted by atomic mass is 10.0. The summed E-state index contributed by atoms with van der Waals surface area (Å²) in [6.45, 7) is 4.38. The van der Waals surface area contributed by atoms with E-state index in [1.54, 1.807) is 18.2 Å². The fourth-order valence-corrected chi connectivity index (χ4v) is 3.14. The van der Waals surface area contributed by atoms with Gasteiger partial charge in [0, 0.05) is 22.2 Å². The van der Waals surface area contributed by atoms with Crippen molar-refractivity contribution in [3.05, 3.63) is 87.5 Å². The highest BCUT2D eigenvalue weighted by Gasteiger charge is 2.12. The Balaban J connectivity index is 1.60. The molecule has 0 unspecified atom stereocenters. The van der Waals surface area contributed by atoms with Crippen molar-refractivity contribution in [1.82, 2.24) is 19.9 Å². The van der Waals surface area contributed by atoms with E-state index in [-0.39, 0.29) is 12.1 Å². The third kappa shape index (κ3) is 4.27. The van der Waals surface area contributed by atoms with Crippen molar-refractivity contribution in [2.24, 2.45) is 0 Å². The van der Waals surface area contributed by atoms with E-state index in [0.29, 0.717) is 28.3 Å². The summed E-state index contributed by atoms with van der Waals surface area (Å²) in [6.07, 6.45) is 0. The summed E-state index contributed by atoms with van der Waals surface area (Å²) < 4.78 is 6.62. The molecule has 0 amide bonds. The van der Waals surface area contributed by atoms with Crippen molar-refractivity contribution in [2.45, 2.75) is 26.3 Å². The number of halogens is 1. The molecule has 0 saturated carbocycles. The van der Waals surface area contributed by atoms with Gasteiger partial charge in [0.2, 0.25) is 11.7 Å². The second-order valence-electron chi connectivity index (χ2n) is 7.01. The summed E-state index contributed by atoms with van der Waals surface area (Å²) in [7, 11) is 0. The Bertz CT molecular complexity index is 1200. The second kappa shape index (κ2) is 8.01. The van der Waals surface area contributed by atoms with Crippen molar-refractivity contribution in [2.75, 3.05) is 0 Å². The SMILES string of the molecule is CC(C)c1ccc(-c2ccc(=O)n(Cc3nc(-c4cccc(Cl)c4)no3)n2)cc1. The molecule has 29 heavy (non-hydrogen) atoms. The lowest BCUT2D eigenvalue weighted by Gasteiger charge is -2.08. The van der Waals surface area contributed by atoms with Gasteiger partial charge in [-0.2, -0.15) is 10.1 Å². The quantitative estimate of drug-likeness (QED) is 0.476. The van der Waals surface area contributed by atoms with Crippen LogP contribution in [0.2, 0.25) is 5.02 Å². The lowest BCUT2D eigenvalue weighted by molar-refractivity contribution is 0.363. The Labute approximate surface area is 172 Å². The van der Waals surface area contributed by atoms with Gasteiger partial charge in [-0.3, -0.25) is 4.79 Å². The molecule has 146 valence electrons. The van der Waals surface area contributed by atoms with Crippen LogP contribution >= 0.6 is 11.6 Å². The van der Waals surface area contributed by atoms with Crippen molar-refractivity contribution in [1.29, 1.82) is 0 Å². The minimum Gasteiger partial charge on any atom is -0.337 e. The molecule has 0 fully saturated rings.